The molecule has 5 heteroatoms. The van der Waals surface area contributed by atoms with E-state index in [1.807, 2.05) is 18.5 Å². The Morgan fingerprint density at radius 3 is 2.38 bits per heavy atom. The van der Waals surface area contributed by atoms with Crippen molar-refractivity contribution in [3.63, 3.8) is 0 Å². The Kier molecular flexibility index (Phi) is 3.53. The number of aryl methyl sites for hydroxylation is 2. The van der Waals surface area contributed by atoms with Gasteiger partial charge >= 0.3 is 7.12 Å². The summed E-state index contributed by atoms with van der Waals surface area (Å²) < 4.78 is 2.10. The number of benzene rings is 2. The maximum Gasteiger partial charge on any atom is 0.488 e. The van der Waals surface area contributed by atoms with E-state index < -0.39 is 7.12 Å². The maximum atomic E-state index is 9.11. The van der Waals surface area contributed by atoms with Crippen LogP contribution in [0.5, 0.6) is 0 Å². The monoisotopic (exact) mass is 280 g/mol. The lowest BCUT2D eigenvalue weighted by Gasteiger charge is -2.07. The number of hydrogen-bond acceptors (Lipinski definition) is 3. The van der Waals surface area contributed by atoms with E-state index in [1.165, 1.54) is 11.1 Å². The first kappa shape index (κ1) is 13.9. The summed E-state index contributed by atoms with van der Waals surface area (Å²) in [6.45, 7) is 4.90. The fraction of sp³-hybridized carbons (Fsp3) is 0.188. The van der Waals surface area contributed by atoms with Gasteiger partial charge < -0.3 is 14.6 Å². The zero-order valence-corrected chi connectivity index (χ0v) is 12.1. The molecule has 2 aromatic carbocycles. The van der Waals surface area contributed by atoms with Gasteiger partial charge in [0.2, 0.25) is 0 Å². The van der Waals surface area contributed by atoms with Gasteiger partial charge in [-0.05, 0) is 48.1 Å². The molecule has 3 rings (SSSR count). The van der Waals surface area contributed by atoms with Gasteiger partial charge in [-0.3, -0.25) is 0 Å². The van der Waals surface area contributed by atoms with Crippen LogP contribution in [-0.4, -0.2) is 26.7 Å². The van der Waals surface area contributed by atoms with Crippen LogP contribution < -0.4 is 5.46 Å². The van der Waals surface area contributed by atoms with Gasteiger partial charge in [0.1, 0.15) is 0 Å². The standard InChI is InChI=1S/C16H17BN2O2/c1-11-7-15-16(8-12(11)2)19(10-18-15)9-13-3-5-14(6-4-13)17(20)21/h3-8,10,20-21H,9H2,1-2H3. The molecule has 21 heavy (non-hydrogen) atoms. The molecule has 0 fully saturated rings. The summed E-state index contributed by atoms with van der Waals surface area (Å²) in [6, 6.07) is 11.5. The minimum Gasteiger partial charge on any atom is -0.423 e. The highest BCUT2D eigenvalue weighted by atomic mass is 16.4. The van der Waals surface area contributed by atoms with E-state index in [9.17, 15) is 0 Å². The molecule has 0 saturated carbocycles. The maximum absolute atomic E-state index is 9.11. The van der Waals surface area contributed by atoms with E-state index in [0.717, 1.165) is 16.6 Å². The van der Waals surface area contributed by atoms with Crippen LogP contribution in [-0.2, 0) is 6.54 Å². The third kappa shape index (κ3) is 2.70. The second-order valence-corrected chi connectivity index (χ2v) is 5.41. The van der Waals surface area contributed by atoms with Crippen LogP contribution in [0.25, 0.3) is 11.0 Å². The smallest absolute Gasteiger partial charge is 0.423 e. The Labute approximate surface area is 123 Å². The van der Waals surface area contributed by atoms with Crippen molar-refractivity contribution in [1.82, 2.24) is 9.55 Å². The largest absolute Gasteiger partial charge is 0.488 e. The predicted molar refractivity (Wildman–Crippen MR) is 84.6 cm³/mol. The van der Waals surface area contributed by atoms with Crippen molar-refractivity contribution < 1.29 is 10.0 Å². The molecule has 4 nitrogen and oxygen atoms in total. The number of aromatic nitrogens is 2. The molecule has 0 atom stereocenters. The molecule has 2 N–H and O–H groups in total. The van der Waals surface area contributed by atoms with E-state index in [1.54, 1.807) is 12.1 Å². The topological polar surface area (TPSA) is 58.3 Å². The summed E-state index contributed by atoms with van der Waals surface area (Å²) in [7, 11) is -1.42. The molecule has 0 unspecified atom stereocenters. The molecular formula is C16H17BN2O2. The van der Waals surface area contributed by atoms with Gasteiger partial charge in [0, 0.05) is 6.54 Å². The Bertz CT molecular complexity index is 779. The molecular weight excluding hydrogens is 263 g/mol. The third-order valence-electron chi connectivity index (χ3n) is 3.87. The number of hydrogen-bond donors (Lipinski definition) is 2. The van der Waals surface area contributed by atoms with Gasteiger partial charge in [0.25, 0.3) is 0 Å². The van der Waals surface area contributed by atoms with Gasteiger partial charge in [-0.25, -0.2) is 4.98 Å². The summed E-state index contributed by atoms with van der Waals surface area (Å²) >= 11 is 0. The van der Waals surface area contributed by atoms with Gasteiger partial charge in [0.15, 0.2) is 0 Å². The molecule has 0 amide bonds. The molecule has 0 saturated heterocycles. The molecule has 0 aliphatic carbocycles. The second-order valence-electron chi connectivity index (χ2n) is 5.41. The van der Waals surface area contributed by atoms with Crippen LogP contribution in [0, 0.1) is 13.8 Å². The first-order valence-electron chi connectivity index (χ1n) is 6.91. The second kappa shape index (κ2) is 5.35. The van der Waals surface area contributed by atoms with Gasteiger partial charge in [0.05, 0.1) is 17.4 Å². The van der Waals surface area contributed by atoms with Crippen LogP contribution in [0.1, 0.15) is 16.7 Å². The minimum absolute atomic E-state index is 0.501. The van der Waals surface area contributed by atoms with E-state index in [4.69, 9.17) is 10.0 Å². The SMILES string of the molecule is Cc1cc2ncn(Cc3ccc(B(O)O)cc3)c2cc1C. The van der Waals surface area contributed by atoms with Crippen LogP contribution in [0.3, 0.4) is 0 Å². The molecule has 3 aromatic rings. The highest BCUT2D eigenvalue weighted by Gasteiger charge is 2.10. The molecule has 1 aromatic heterocycles. The van der Waals surface area contributed by atoms with Gasteiger partial charge in [-0.2, -0.15) is 0 Å². The fourth-order valence-electron chi connectivity index (χ4n) is 2.43. The Morgan fingerprint density at radius 1 is 1.05 bits per heavy atom. The molecule has 0 aliphatic heterocycles. The Balaban J connectivity index is 1.92. The zero-order chi connectivity index (χ0) is 15.0. The highest BCUT2D eigenvalue weighted by molar-refractivity contribution is 6.58. The zero-order valence-electron chi connectivity index (χ0n) is 12.1. The summed E-state index contributed by atoms with van der Waals surface area (Å²) in [5.74, 6) is 0. The fourth-order valence-corrected chi connectivity index (χ4v) is 2.43. The quantitative estimate of drug-likeness (QED) is 0.713. The van der Waals surface area contributed by atoms with E-state index >= 15 is 0 Å². The lowest BCUT2D eigenvalue weighted by Crippen LogP contribution is -2.29. The number of rotatable bonds is 3. The molecule has 0 bridgehead atoms. The molecule has 0 radical (unpaired) electrons. The molecule has 106 valence electrons. The third-order valence-corrected chi connectivity index (χ3v) is 3.87. The van der Waals surface area contributed by atoms with Crippen LogP contribution in [0.15, 0.2) is 42.7 Å². The number of fused-ring (bicyclic) bond motifs is 1. The van der Waals surface area contributed by atoms with Crippen molar-refractivity contribution >= 4 is 23.6 Å². The van der Waals surface area contributed by atoms with Crippen molar-refractivity contribution in [2.45, 2.75) is 20.4 Å². The van der Waals surface area contributed by atoms with Crippen molar-refractivity contribution in [1.29, 1.82) is 0 Å². The van der Waals surface area contributed by atoms with E-state index in [0.29, 0.717) is 12.0 Å². The van der Waals surface area contributed by atoms with Crippen molar-refractivity contribution in [2.75, 3.05) is 0 Å². The summed E-state index contributed by atoms with van der Waals surface area (Å²) in [6.07, 6.45) is 1.85. The first-order chi connectivity index (χ1) is 10.0. The van der Waals surface area contributed by atoms with Crippen molar-refractivity contribution in [2.24, 2.45) is 0 Å². The number of imidazole rings is 1. The van der Waals surface area contributed by atoms with Gasteiger partial charge in [-0.15, -0.1) is 0 Å². The van der Waals surface area contributed by atoms with Crippen LogP contribution in [0.2, 0.25) is 0 Å². The lowest BCUT2D eigenvalue weighted by atomic mass is 9.80. The Hall–Kier alpha value is -2.11. The van der Waals surface area contributed by atoms with Crippen LogP contribution in [0.4, 0.5) is 0 Å². The lowest BCUT2D eigenvalue weighted by molar-refractivity contribution is 0.426. The Morgan fingerprint density at radius 2 is 1.71 bits per heavy atom. The van der Waals surface area contributed by atoms with Crippen molar-refractivity contribution in [3.05, 3.63) is 59.4 Å². The van der Waals surface area contributed by atoms with Crippen molar-refractivity contribution in [3.8, 4) is 0 Å². The van der Waals surface area contributed by atoms with Crippen LogP contribution >= 0.6 is 0 Å². The summed E-state index contributed by atoms with van der Waals surface area (Å²) in [4.78, 5) is 4.45. The number of nitrogens with zero attached hydrogens (tertiary/aromatic N) is 2. The average molecular weight is 280 g/mol. The molecule has 1 heterocycles. The average Bonchev–Trinajstić information content (AvgIpc) is 2.82. The van der Waals surface area contributed by atoms with E-state index in [2.05, 4.69) is 35.5 Å². The minimum atomic E-state index is -1.42. The summed E-state index contributed by atoms with van der Waals surface area (Å²) in [5, 5.41) is 18.2. The normalized spacial score (nSPS) is 11.0. The van der Waals surface area contributed by atoms with Gasteiger partial charge in [-0.1, -0.05) is 24.3 Å². The van der Waals surface area contributed by atoms with E-state index in [-0.39, 0.29) is 0 Å². The summed E-state index contributed by atoms with van der Waals surface area (Å²) in [5.41, 5.74) is 6.21. The molecule has 0 aliphatic rings. The molecule has 0 spiro atoms. The predicted octanol–water partition coefficient (Wildman–Crippen LogP) is 1.38. The highest BCUT2D eigenvalue weighted by Crippen LogP contribution is 2.19. The first-order valence-corrected chi connectivity index (χ1v) is 6.91.